The van der Waals surface area contributed by atoms with Gasteiger partial charge in [-0.15, -0.1) is 0 Å². The first-order chi connectivity index (χ1) is 9.52. The molecule has 106 valence electrons. The zero-order valence-electron chi connectivity index (χ0n) is 11.5. The summed E-state index contributed by atoms with van der Waals surface area (Å²) in [7, 11) is 1.70. The molecule has 4 heteroatoms. The van der Waals surface area contributed by atoms with Gasteiger partial charge in [-0.2, -0.15) is 0 Å². The molecule has 0 aliphatic rings. The first-order valence-corrected chi connectivity index (χ1v) is 7.44. The molecule has 0 spiro atoms. The van der Waals surface area contributed by atoms with Gasteiger partial charge in [-0.25, -0.2) is 8.78 Å². The molecule has 0 bridgehead atoms. The summed E-state index contributed by atoms with van der Waals surface area (Å²) in [6, 6.07) is 10.6. The predicted octanol–water partition coefficient (Wildman–Crippen LogP) is 4.80. The minimum Gasteiger partial charge on any atom is -0.366 e. The van der Waals surface area contributed by atoms with Gasteiger partial charge in [0, 0.05) is 18.9 Å². The van der Waals surface area contributed by atoms with Crippen LogP contribution in [0.2, 0.25) is 0 Å². The van der Waals surface area contributed by atoms with Crippen molar-refractivity contribution in [3.05, 3.63) is 64.7 Å². The lowest BCUT2D eigenvalue weighted by atomic mass is 10.1. The number of benzene rings is 2. The van der Waals surface area contributed by atoms with Crippen LogP contribution in [0.1, 0.15) is 16.7 Å². The van der Waals surface area contributed by atoms with E-state index in [0.29, 0.717) is 17.4 Å². The largest absolute Gasteiger partial charge is 0.366 e. The van der Waals surface area contributed by atoms with Gasteiger partial charge in [0.1, 0.15) is 17.3 Å². The Bertz CT molecular complexity index is 590. The fraction of sp³-hybridized carbons (Fsp3) is 0.250. The zero-order valence-corrected chi connectivity index (χ0v) is 13.0. The van der Waals surface area contributed by atoms with Crippen LogP contribution in [0, 0.1) is 18.6 Å². The molecule has 2 aromatic carbocycles. The van der Waals surface area contributed by atoms with E-state index in [1.54, 1.807) is 11.9 Å². The van der Waals surface area contributed by atoms with Crippen molar-refractivity contribution in [3.8, 4) is 0 Å². The number of alkyl halides is 1. The van der Waals surface area contributed by atoms with Crippen LogP contribution in [0.25, 0.3) is 0 Å². The van der Waals surface area contributed by atoms with Crippen molar-refractivity contribution in [2.75, 3.05) is 11.9 Å². The SMILES string of the molecule is Cc1ccccc1CN(C)c1c(F)cc(CBr)cc1F. The molecule has 0 aliphatic heterocycles. The normalized spacial score (nSPS) is 10.7. The molecule has 0 heterocycles. The number of anilines is 1. The molecule has 0 aromatic heterocycles. The van der Waals surface area contributed by atoms with E-state index < -0.39 is 11.6 Å². The molecule has 2 rings (SSSR count). The fourth-order valence-electron chi connectivity index (χ4n) is 2.18. The van der Waals surface area contributed by atoms with Crippen LogP contribution < -0.4 is 4.90 Å². The summed E-state index contributed by atoms with van der Waals surface area (Å²) in [4.78, 5) is 1.60. The molecule has 0 unspecified atom stereocenters. The van der Waals surface area contributed by atoms with E-state index in [-0.39, 0.29) is 5.69 Å². The van der Waals surface area contributed by atoms with Crippen molar-refractivity contribution in [3.63, 3.8) is 0 Å². The first kappa shape index (κ1) is 15.0. The standard InChI is InChI=1S/C16H16BrF2N/c1-11-5-3-4-6-13(11)10-20(2)16-14(18)7-12(9-17)8-15(16)19/h3-8H,9-10H2,1-2H3. The molecular formula is C16H16BrF2N. The maximum absolute atomic E-state index is 14.0. The van der Waals surface area contributed by atoms with E-state index in [1.165, 1.54) is 12.1 Å². The van der Waals surface area contributed by atoms with Crippen molar-refractivity contribution < 1.29 is 8.78 Å². The predicted molar refractivity (Wildman–Crippen MR) is 82.3 cm³/mol. The highest BCUT2D eigenvalue weighted by Crippen LogP contribution is 2.26. The highest BCUT2D eigenvalue weighted by molar-refractivity contribution is 9.08. The van der Waals surface area contributed by atoms with Crippen LogP contribution in [0.4, 0.5) is 14.5 Å². The van der Waals surface area contributed by atoms with Crippen molar-refractivity contribution in [1.29, 1.82) is 0 Å². The molecular weight excluding hydrogens is 324 g/mol. The molecule has 20 heavy (non-hydrogen) atoms. The van der Waals surface area contributed by atoms with E-state index in [0.717, 1.165) is 11.1 Å². The van der Waals surface area contributed by atoms with E-state index in [9.17, 15) is 8.78 Å². The molecule has 2 aromatic rings. The number of hydrogen-bond donors (Lipinski definition) is 0. The minimum absolute atomic E-state index is 0.0120. The molecule has 1 nitrogen and oxygen atoms in total. The number of aryl methyl sites for hydroxylation is 1. The third kappa shape index (κ3) is 3.18. The topological polar surface area (TPSA) is 3.24 Å². The van der Waals surface area contributed by atoms with Crippen LogP contribution in [-0.4, -0.2) is 7.05 Å². The Morgan fingerprint density at radius 3 is 2.25 bits per heavy atom. The number of halogens is 3. The van der Waals surface area contributed by atoms with Crippen LogP contribution in [0.5, 0.6) is 0 Å². The Labute approximate surface area is 126 Å². The van der Waals surface area contributed by atoms with Gasteiger partial charge in [0.05, 0.1) is 0 Å². The number of nitrogens with zero attached hydrogens (tertiary/aromatic N) is 1. The Morgan fingerprint density at radius 2 is 1.70 bits per heavy atom. The summed E-state index contributed by atoms with van der Waals surface area (Å²) in [6.07, 6.45) is 0. The van der Waals surface area contributed by atoms with Gasteiger partial charge in [-0.3, -0.25) is 0 Å². The van der Waals surface area contributed by atoms with Gasteiger partial charge in [0.15, 0.2) is 0 Å². The number of rotatable bonds is 4. The zero-order chi connectivity index (χ0) is 14.7. The van der Waals surface area contributed by atoms with Gasteiger partial charge >= 0.3 is 0 Å². The Balaban J connectivity index is 2.30. The van der Waals surface area contributed by atoms with Crippen LogP contribution >= 0.6 is 15.9 Å². The van der Waals surface area contributed by atoms with Crippen molar-refractivity contribution in [2.45, 2.75) is 18.8 Å². The molecule has 0 N–H and O–H groups in total. The lowest BCUT2D eigenvalue weighted by Crippen LogP contribution is -2.20. The molecule has 0 amide bonds. The molecule has 0 aliphatic carbocycles. The Hall–Kier alpha value is -1.42. The van der Waals surface area contributed by atoms with Gasteiger partial charge in [-0.1, -0.05) is 40.2 Å². The third-order valence-electron chi connectivity index (χ3n) is 3.28. The lowest BCUT2D eigenvalue weighted by molar-refractivity contribution is 0.574. The smallest absolute Gasteiger partial charge is 0.149 e. The molecule has 0 saturated carbocycles. The quantitative estimate of drug-likeness (QED) is 0.723. The summed E-state index contributed by atoms with van der Waals surface area (Å²) < 4.78 is 28.1. The molecule has 0 saturated heterocycles. The van der Waals surface area contributed by atoms with E-state index >= 15 is 0 Å². The van der Waals surface area contributed by atoms with Crippen LogP contribution in [0.15, 0.2) is 36.4 Å². The third-order valence-corrected chi connectivity index (χ3v) is 3.93. The summed E-state index contributed by atoms with van der Waals surface area (Å²) in [5.41, 5.74) is 2.77. The molecule has 0 radical (unpaired) electrons. The van der Waals surface area contributed by atoms with E-state index in [2.05, 4.69) is 15.9 Å². The summed E-state index contributed by atoms with van der Waals surface area (Å²) in [5.74, 6) is -1.06. The Morgan fingerprint density at radius 1 is 1.10 bits per heavy atom. The first-order valence-electron chi connectivity index (χ1n) is 6.32. The maximum atomic E-state index is 14.0. The van der Waals surface area contributed by atoms with Gasteiger partial charge in [0.25, 0.3) is 0 Å². The highest BCUT2D eigenvalue weighted by Gasteiger charge is 2.15. The average Bonchev–Trinajstić information content (AvgIpc) is 2.40. The highest BCUT2D eigenvalue weighted by atomic mass is 79.9. The van der Waals surface area contributed by atoms with Crippen LogP contribution in [0.3, 0.4) is 0 Å². The summed E-state index contributed by atoms with van der Waals surface area (Å²) >= 11 is 3.20. The van der Waals surface area contributed by atoms with Crippen molar-refractivity contribution >= 4 is 21.6 Å². The molecule has 0 atom stereocenters. The average molecular weight is 340 g/mol. The fourth-order valence-corrected chi connectivity index (χ4v) is 2.51. The van der Waals surface area contributed by atoms with E-state index in [4.69, 9.17) is 0 Å². The lowest BCUT2D eigenvalue weighted by Gasteiger charge is -2.22. The van der Waals surface area contributed by atoms with Crippen LogP contribution in [-0.2, 0) is 11.9 Å². The van der Waals surface area contributed by atoms with Gasteiger partial charge in [-0.05, 0) is 35.7 Å². The second-order valence-corrected chi connectivity index (χ2v) is 5.38. The molecule has 0 fully saturated rings. The second-order valence-electron chi connectivity index (χ2n) is 4.82. The Kier molecular flexibility index (Phi) is 4.76. The summed E-state index contributed by atoms with van der Waals surface area (Å²) in [5, 5.41) is 0.433. The maximum Gasteiger partial charge on any atom is 0.149 e. The summed E-state index contributed by atoms with van der Waals surface area (Å²) in [6.45, 7) is 2.46. The number of hydrogen-bond acceptors (Lipinski definition) is 1. The second kappa shape index (κ2) is 6.35. The van der Waals surface area contributed by atoms with E-state index in [1.807, 2.05) is 31.2 Å². The van der Waals surface area contributed by atoms with Gasteiger partial charge in [0.2, 0.25) is 0 Å². The monoisotopic (exact) mass is 339 g/mol. The van der Waals surface area contributed by atoms with Crippen molar-refractivity contribution in [2.24, 2.45) is 0 Å². The minimum atomic E-state index is -0.532. The van der Waals surface area contributed by atoms with Crippen molar-refractivity contribution in [1.82, 2.24) is 0 Å². The van der Waals surface area contributed by atoms with Gasteiger partial charge < -0.3 is 4.90 Å².